The van der Waals surface area contributed by atoms with Gasteiger partial charge in [0.1, 0.15) is 0 Å². The van der Waals surface area contributed by atoms with E-state index in [1.807, 2.05) is 24.3 Å². The summed E-state index contributed by atoms with van der Waals surface area (Å²) in [5.41, 5.74) is 3.68. The number of carbonyl (C=O) groups is 2. The van der Waals surface area contributed by atoms with Crippen LogP contribution < -0.4 is 5.32 Å². The minimum Gasteiger partial charge on any atom is -0.475 e. The second-order valence-corrected chi connectivity index (χ2v) is 10.0. The fourth-order valence-corrected chi connectivity index (χ4v) is 4.75. The molecule has 0 radical (unpaired) electrons. The molecule has 4 aromatic rings. The summed E-state index contributed by atoms with van der Waals surface area (Å²) in [6, 6.07) is 24.6. The smallest absolute Gasteiger partial charge is 0.475 e. The molecule has 0 saturated carbocycles. The Morgan fingerprint density at radius 1 is 0.810 bits per heavy atom. The van der Waals surface area contributed by atoms with Crippen LogP contribution in [0.1, 0.15) is 11.3 Å². The normalized spacial score (nSPS) is 11.2. The van der Waals surface area contributed by atoms with E-state index < -0.39 is 24.3 Å². The largest absolute Gasteiger partial charge is 0.490 e. The van der Waals surface area contributed by atoms with Crippen LogP contribution in [0, 0.1) is 0 Å². The van der Waals surface area contributed by atoms with Crippen LogP contribution in [0.2, 0.25) is 10.0 Å². The third-order valence-corrected chi connectivity index (χ3v) is 7.18. The maximum absolute atomic E-state index is 10.6. The number of carboxylic acid groups (broad SMARTS) is 2. The summed E-state index contributed by atoms with van der Waals surface area (Å²) in [5, 5.41) is 20.4. The first-order valence-corrected chi connectivity index (χ1v) is 13.2. The van der Waals surface area contributed by atoms with Gasteiger partial charge in [0, 0.05) is 34.1 Å². The molecule has 15 heteroatoms. The van der Waals surface area contributed by atoms with Crippen molar-refractivity contribution in [2.24, 2.45) is 0 Å². The number of benzene rings is 3. The molecular formula is C27H22Cl2F6N2O4S. The molecule has 6 nitrogen and oxygen atoms in total. The first kappa shape index (κ1) is 34.8. The van der Waals surface area contributed by atoms with Gasteiger partial charge < -0.3 is 20.5 Å². The molecule has 0 aliphatic heterocycles. The Bertz CT molecular complexity index is 1420. The van der Waals surface area contributed by atoms with E-state index >= 15 is 0 Å². The van der Waals surface area contributed by atoms with Gasteiger partial charge in [-0.3, -0.25) is 0 Å². The van der Waals surface area contributed by atoms with Gasteiger partial charge in [-0.2, -0.15) is 26.3 Å². The summed E-state index contributed by atoms with van der Waals surface area (Å²) in [6.45, 7) is 1.70. The molecule has 0 saturated heterocycles. The number of hydrogen-bond acceptors (Lipinski definition) is 4. The van der Waals surface area contributed by atoms with Crippen molar-refractivity contribution in [3.63, 3.8) is 0 Å². The highest BCUT2D eigenvalue weighted by Crippen LogP contribution is 2.39. The molecule has 0 fully saturated rings. The number of aromatic nitrogens is 1. The van der Waals surface area contributed by atoms with Gasteiger partial charge in [0.15, 0.2) is 0 Å². The van der Waals surface area contributed by atoms with E-state index in [9.17, 15) is 26.3 Å². The van der Waals surface area contributed by atoms with E-state index in [4.69, 9.17) is 43.0 Å². The summed E-state index contributed by atoms with van der Waals surface area (Å²) in [5.74, 6) is -5.51. The lowest BCUT2D eigenvalue weighted by atomic mass is 10.2. The second kappa shape index (κ2) is 15.7. The van der Waals surface area contributed by atoms with Crippen LogP contribution in [-0.4, -0.2) is 46.0 Å². The first-order valence-electron chi connectivity index (χ1n) is 11.7. The van der Waals surface area contributed by atoms with Gasteiger partial charge >= 0.3 is 24.3 Å². The second-order valence-electron chi connectivity index (χ2n) is 8.17. The molecule has 0 unspecified atom stereocenters. The standard InChI is InChI=1S/C23H20Cl2N2S.2C2HF3O2/c24-19-8-5-9-20(25)23(19)28-22-11-4-2-7-17(22)15-26-13-12-18-14-16-6-1-3-10-21(16)27-18;2*3-2(4,5)1(6)7/h1-11,14,26-27H,12-13,15H2;2*(H,6,7). The molecule has 42 heavy (non-hydrogen) atoms. The zero-order valence-electron chi connectivity index (χ0n) is 21.2. The molecule has 1 aromatic heterocycles. The lowest BCUT2D eigenvalue weighted by Gasteiger charge is -2.12. The number of fused-ring (bicyclic) bond motifs is 1. The molecule has 0 atom stereocenters. The van der Waals surface area contributed by atoms with E-state index in [1.54, 1.807) is 11.8 Å². The number of H-pyrrole nitrogens is 1. The predicted molar refractivity (Wildman–Crippen MR) is 148 cm³/mol. The average Bonchev–Trinajstić information content (AvgIpc) is 3.32. The Balaban J connectivity index is 0.000000367. The molecule has 0 amide bonds. The number of carboxylic acids is 2. The molecule has 3 aromatic carbocycles. The summed E-state index contributed by atoms with van der Waals surface area (Å²) in [6.07, 6.45) is -9.21. The molecule has 1 heterocycles. The van der Waals surface area contributed by atoms with Crippen LogP contribution in [0.5, 0.6) is 0 Å². The lowest BCUT2D eigenvalue weighted by Crippen LogP contribution is -2.21. The summed E-state index contributed by atoms with van der Waals surface area (Å²) < 4.78 is 63.5. The zero-order valence-corrected chi connectivity index (χ0v) is 23.5. The van der Waals surface area contributed by atoms with Crippen molar-refractivity contribution in [3.05, 3.63) is 94.1 Å². The fraction of sp³-hybridized carbons (Fsp3) is 0.185. The SMILES string of the molecule is Clc1cccc(Cl)c1Sc1ccccc1CNCCc1cc2ccccc2[nH]1.O=C(O)C(F)(F)F.O=C(O)C(F)(F)F. The van der Waals surface area contributed by atoms with Gasteiger partial charge in [0.05, 0.1) is 10.0 Å². The summed E-state index contributed by atoms with van der Waals surface area (Å²) in [4.78, 5) is 23.3. The molecule has 0 bridgehead atoms. The number of aliphatic carboxylic acids is 2. The van der Waals surface area contributed by atoms with Crippen LogP contribution in [-0.2, 0) is 22.6 Å². The summed E-state index contributed by atoms with van der Waals surface area (Å²) >= 11 is 14.3. The van der Waals surface area contributed by atoms with Crippen molar-refractivity contribution in [3.8, 4) is 0 Å². The van der Waals surface area contributed by atoms with Crippen molar-refractivity contribution >= 4 is 57.8 Å². The van der Waals surface area contributed by atoms with Crippen molar-refractivity contribution in [1.29, 1.82) is 0 Å². The van der Waals surface area contributed by atoms with Gasteiger partial charge in [-0.05, 0) is 47.7 Å². The monoisotopic (exact) mass is 654 g/mol. The van der Waals surface area contributed by atoms with E-state index in [2.05, 4.69) is 58.8 Å². The van der Waals surface area contributed by atoms with Crippen LogP contribution in [0.3, 0.4) is 0 Å². The molecule has 4 rings (SSSR count). The van der Waals surface area contributed by atoms with E-state index in [0.717, 1.165) is 29.3 Å². The van der Waals surface area contributed by atoms with Gasteiger partial charge in [0.25, 0.3) is 0 Å². The van der Waals surface area contributed by atoms with Crippen LogP contribution in [0.15, 0.2) is 82.6 Å². The van der Waals surface area contributed by atoms with Crippen LogP contribution >= 0.6 is 35.0 Å². The van der Waals surface area contributed by atoms with E-state index in [-0.39, 0.29) is 0 Å². The summed E-state index contributed by atoms with van der Waals surface area (Å²) in [7, 11) is 0. The van der Waals surface area contributed by atoms with Crippen molar-refractivity contribution in [2.45, 2.75) is 35.1 Å². The molecule has 4 N–H and O–H groups in total. The quantitative estimate of drug-likeness (QED) is 0.118. The van der Waals surface area contributed by atoms with Crippen LogP contribution in [0.4, 0.5) is 26.3 Å². The predicted octanol–water partition coefficient (Wildman–Crippen LogP) is 8.22. The van der Waals surface area contributed by atoms with Gasteiger partial charge in [-0.25, -0.2) is 9.59 Å². The van der Waals surface area contributed by atoms with Crippen molar-refractivity contribution in [1.82, 2.24) is 10.3 Å². The fourth-order valence-electron chi connectivity index (χ4n) is 3.15. The Hall–Kier alpha value is -3.39. The lowest BCUT2D eigenvalue weighted by molar-refractivity contribution is -0.193. The van der Waals surface area contributed by atoms with Gasteiger partial charge in [-0.1, -0.05) is 77.4 Å². The Kier molecular flexibility index (Phi) is 13.0. The molecular weight excluding hydrogens is 633 g/mol. The number of para-hydroxylation sites is 1. The maximum Gasteiger partial charge on any atom is 0.490 e. The first-order chi connectivity index (χ1) is 19.6. The number of nitrogens with one attached hydrogen (secondary N) is 2. The average molecular weight is 655 g/mol. The highest BCUT2D eigenvalue weighted by atomic mass is 35.5. The number of halogens is 8. The number of hydrogen-bond donors (Lipinski definition) is 4. The highest BCUT2D eigenvalue weighted by molar-refractivity contribution is 7.99. The van der Waals surface area contributed by atoms with Crippen molar-refractivity contribution in [2.75, 3.05) is 6.54 Å². The molecule has 0 spiro atoms. The maximum atomic E-state index is 10.6. The number of aromatic amines is 1. The van der Waals surface area contributed by atoms with Gasteiger partial charge in [0.2, 0.25) is 0 Å². The highest BCUT2D eigenvalue weighted by Gasteiger charge is 2.38. The van der Waals surface area contributed by atoms with E-state index in [0.29, 0.717) is 10.0 Å². The minimum atomic E-state index is -5.08. The van der Waals surface area contributed by atoms with Gasteiger partial charge in [-0.15, -0.1) is 0 Å². The number of alkyl halides is 6. The molecule has 0 aliphatic carbocycles. The topological polar surface area (TPSA) is 102 Å². The van der Waals surface area contributed by atoms with Crippen LogP contribution in [0.25, 0.3) is 10.9 Å². The Labute approximate surface area is 249 Å². The van der Waals surface area contributed by atoms with E-state index in [1.165, 1.54) is 22.2 Å². The van der Waals surface area contributed by atoms with Crippen molar-refractivity contribution < 1.29 is 46.1 Å². The Morgan fingerprint density at radius 2 is 1.33 bits per heavy atom. The zero-order chi connectivity index (χ0) is 31.5. The third kappa shape index (κ3) is 11.5. The molecule has 226 valence electrons. The third-order valence-electron chi connectivity index (χ3n) is 5.06. The Morgan fingerprint density at radius 3 is 1.88 bits per heavy atom. The minimum absolute atomic E-state index is 0.680. The number of rotatable bonds is 7. The molecule has 0 aliphatic rings.